The Morgan fingerprint density at radius 1 is 1.19 bits per heavy atom. The summed E-state index contributed by atoms with van der Waals surface area (Å²) in [7, 11) is 0. The first kappa shape index (κ1) is 20.2. The normalized spacial score (nSPS) is 13.1. The summed E-state index contributed by atoms with van der Waals surface area (Å²) in [4.78, 5) is 12.6. The van der Waals surface area contributed by atoms with E-state index in [1.807, 2.05) is 23.7 Å². The maximum Gasteiger partial charge on any atom is 0.254 e. The molecule has 3 N–H and O–H groups in total. The average molecular weight is 357 g/mol. The summed E-state index contributed by atoms with van der Waals surface area (Å²) in [5, 5.41) is 7.37. The summed E-state index contributed by atoms with van der Waals surface area (Å²) in [6.45, 7) is 13.0. The molecule has 26 heavy (non-hydrogen) atoms. The van der Waals surface area contributed by atoms with E-state index >= 15 is 0 Å². The van der Waals surface area contributed by atoms with Crippen molar-refractivity contribution in [3.63, 3.8) is 0 Å². The van der Waals surface area contributed by atoms with Crippen molar-refractivity contribution in [2.24, 2.45) is 5.73 Å². The van der Waals surface area contributed by atoms with Gasteiger partial charge in [0.15, 0.2) is 0 Å². The molecule has 0 saturated carbocycles. The molecule has 1 aromatic heterocycles. The van der Waals surface area contributed by atoms with Crippen molar-refractivity contribution in [3.8, 4) is 0 Å². The second-order valence-corrected chi connectivity index (χ2v) is 8.08. The quantitative estimate of drug-likeness (QED) is 0.828. The lowest BCUT2D eigenvalue weighted by atomic mass is 9.99. The molecule has 1 atom stereocenters. The lowest BCUT2D eigenvalue weighted by Gasteiger charge is -2.22. The van der Waals surface area contributed by atoms with Crippen molar-refractivity contribution in [2.75, 3.05) is 6.54 Å². The highest BCUT2D eigenvalue weighted by Gasteiger charge is 2.23. The van der Waals surface area contributed by atoms with Gasteiger partial charge in [-0.25, -0.2) is 0 Å². The number of benzene rings is 1. The van der Waals surface area contributed by atoms with Gasteiger partial charge >= 0.3 is 0 Å². The molecule has 0 radical (unpaired) electrons. The SMILES string of the molecule is CCc1c(C(=O)NCC(N)c2ccc(C(C)C)cc2)cnn1C(C)(C)C. The van der Waals surface area contributed by atoms with Gasteiger partial charge < -0.3 is 11.1 Å². The molecule has 1 heterocycles. The first-order chi connectivity index (χ1) is 12.1. The van der Waals surface area contributed by atoms with Crippen LogP contribution in [0, 0.1) is 0 Å². The third kappa shape index (κ3) is 4.52. The van der Waals surface area contributed by atoms with E-state index < -0.39 is 0 Å². The molecular formula is C21H32N4O. The van der Waals surface area contributed by atoms with E-state index in [9.17, 15) is 4.79 Å². The number of nitrogens with zero attached hydrogens (tertiary/aromatic N) is 2. The summed E-state index contributed by atoms with van der Waals surface area (Å²) in [6, 6.07) is 8.06. The molecule has 1 amide bonds. The van der Waals surface area contributed by atoms with E-state index in [0.717, 1.165) is 17.7 Å². The van der Waals surface area contributed by atoms with E-state index in [2.05, 4.69) is 57.2 Å². The van der Waals surface area contributed by atoms with Crippen molar-refractivity contribution in [3.05, 3.63) is 52.8 Å². The standard InChI is InChI=1S/C21H32N4O/c1-7-19-17(12-24-25(19)21(4,5)6)20(26)23-13-18(22)16-10-8-15(9-11-16)14(2)3/h8-12,14,18H,7,13,22H2,1-6H3,(H,23,26). The molecule has 0 bridgehead atoms. The zero-order chi connectivity index (χ0) is 19.5. The second kappa shape index (κ2) is 8.04. The highest BCUT2D eigenvalue weighted by atomic mass is 16.1. The Morgan fingerprint density at radius 2 is 1.77 bits per heavy atom. The van der Waals surface area contributed by atoms with Crippen molar-refractivity contribution in [1.82, 2.24) is 15.1 Å². The lowest BCUT2D eigenvalue weighted by molar-refractivity contribution is 0.0950. The van der Waals surface area contributed by atoms with Crippen LogP contribution in [0.15, 0.2) is 30.5 Å². The van der Waals surface area contributed by atoms with E-state index in [0.29, 0.717) is 18.0 Å². The van der Waals surface area contributed by atoms with Crippen LogP contribution in [0.25, 0.3) is 0 Å². The zero-order valence-corrected chi connectivity index (χ0v) is 16.8. The van der Waals surface area contributed by atoms with Crippen molar-refractivity contribution >= 4 is 5.91 Å². The number of rotatable bonds is 6. The fourth-order valence-corrected chi connectivity index (χ4v) is 3.03. The van der Waals surface area contributed by atoms with Crippen LogP contribution in [0.5, 0.6) is 0 Å². The molecular weight excluding hydrogens is 324 g/mol. The number of nitrogens with two attached hydrogens (primary N) is 1. The predicted octanol–water partition coefficient (Wildman–Crippen LogP) is 3.75. The topological polar surface area (TPSA) is 72.9 Å². The van der Waals surface area contributed by atoms with E-state index in [4.69, 9.17) is 5.73 Å². The van der Waals surface area contributed by atoms with Crippen molar-refractivity contribution < 1.29 is 4.79 Å². The van der Waals surface area contributed by atoms with Crippen LogP contribution in [0.4, 0.5) is 0 Å². The van der Waals surface area contributed by atoms with Crippen molar-refractivity contribution in [1.29, 1.82) is 0 Å². The van der Waals surface area contributed by atoms with Crippen LogP contribution in [-0.2, 0) is 12.0 Å². The van der Waals surface area contributed by atoms with Crippen LogP contribution in [-0.4, -0.2) is 22.2 Å². The first-order valence-electron chi connectivity index (χ1n) is 9.36. The Labute approximate surface area is 157 Å². The van der Waals surface area contributed by atoms with Gasteiger partial charge in [-0.3, -0.25) is 9.48 Å². The fourth-order valence-electron chi connectivity index (χ4n) is 3.03. The minimum absolute atomic E-state index is 0.119. The summed E-state index contributed by atoms with van der Waals surface area (Å²) in [5.41, 5.74) is 9.99. The number of hydrogen-bond donors (Lipinski definition) is 2. The Balaban J connectivity index is 2.05. The molecule has 1 aromatic carbocycles. The molecule has 0 aliphatic heterocycles. The minimum atomic E-state index is -0.233. The van der Waals surface area contributed by atoms with Gasteiger partial charge in [0.2, 0.25) is 0 Å². The van der Waals surface area contributed by atoms with E-state index in [-0.39, 0.29) is 17.5 Å². The van der Waals surface area contributed by atoms with Gasteiger partial charge in [-0.15, -0.1) is 0 Å². The van der Waals surface area contributed by atoms with Crippen LogP contribution < -0.4 is 11.1 Å². The lowest BCUT2D eigenvalue weighted by Crippen LogP contribution is -2.33. The molecule has 0 fully saturated rings. The number of carbonyl (C=O) groups excluding carboxylic acids is 1. The molecule has 5 heteroatoms. The van der Waals surface area contributed by atoms with Gasteiger partial charge in [0, 0.05) is 12.6 Å². The highest BCUT2D eigenvalue weighted by molar-refractivity contribution is 5.95. The van der Waals surface area contributed by atoms with E-state index in [1.165, 1.54) is 5.56 Å². The van der Waals surface area contributed by atoms with Gasteiger partial charge in [-0.05, 0) is 44.2 Å². The largest absolute Gasteiger partial charge is 0.350 e. The molecule has 5 nitrogen and oxygen atoms in total. The molecule has 0 spiro atoms. The van der Waals surface area contributed by atoms with Gasteiger partial charge in [0.25, 0.3) is 5.91 Å². The van der Waals surface area contributed by atoms with Crippen molar-refractivity contribution in [2.45, 2.75) is 65.5 Å². The number of carbonyl (C=O) groups is 1. The molecule has 2 rings (SSSR count). The van der Waals surface area contributed by atoms with Crippen LogP contribution in [0.1, 0.15) is 80.7 Å². The average Bonchev–Trinajstić information content (AvgIpc) is 3.03. The van der Waals surface area contributed by atoms with Crippen LogP contribution in [0.3, 0.4) is 0 Å². The summed E-state index contributed by atoms with van der Waals surface area (Å²) < 4.78 is 1.92. The Hall–Kier alpha value is -2.14. The zero-order valence-electron chi connectivity index (χ0n) is 16.8. The maximum absolute atomic E-state index is 12.6. The molecule has 2 aromatic rings. The first-order valence-corrected chi connectivity index (χ1v) is 9.36. The Morgan fingerprint density at radius 3 is 2.27 bits per heavy atom. The molecule has 0 saturated heterocycles. The number of nitrogens with one attached hydrogen (secondary N) is 1. The third-order valence-corrected chi connectivity index (χ3v) is 4.60. The highest BCUT2D eigenvalue weighted by Crippen LogP contribution is 2.20. The summed E-state index contributed by atoms with van der Waals surface area (Å²) in [6.07, 6.45) is 2.41. The minimum Gasteiger partial charge on any atom is -0.350 e. The maximum atomic E-state index is 12.6. The van der Waals surface area contributed by atoms with Gasteiger partial charge in [0.05, 0.1) is 23.0 Å². The Kier molecular flexibility index (Phi) is 6.24. The monoisotopic (exact) mass is 356 g/mol. The smallest absolute Gasteiger partial charge is 0.254 e. The molecule has 142 valence electrons. The van der Waals surface area contributed by atoms with Crippen LogP contribution in [0.2, 0.25) is 0 Å². The number of hydrogen-bond acceptors (Lipinski definition) is 3. The Bertz CT molecular complexity index is 738. The summed E-state index contributed by atoms with van der Waals surface area (Å²) >= 11 is 0. The van der Waals surface area contributed by atoms with E-state index in [1.54, 1.807) is 6.20 Å². The molecule has 0 aliphatic carbocycles. The molecule has 0 aliphatic rings. The predicted molar refractivity (Wildman–Crippen MR) is 106 cm³/mol. The van der Waals surface area contributed by atoms with Gasteiger partial charge in [-0.2, -0.15) is 5.10 Å². The number of aromatic nitrogens is 2. The summed E-state index contributed by atoms with van der Waals surface area (Å²) in [5.74, 6) is 0.374. The third-order valence-electron chi connectivity index (χ3n) is 4.60. The van der Waals surface area contributed by atoms with Gasteiger partial charge in [-0.1, -0.05) is 45.0 Å². The second-order valence-electron chi connectivity index (χ2n) is 8.08. The van der Waals surface area contributed by atoms with Crippen LogP contribution >= 0.6 is 0 Å². The van der Waals surface area contributed by atoms with Gasteiger partial charge in [0.1, 0.15) is 0 Å². The number of amides is 1. The fraction of sp³-hybridized carbons (Fsp3) is 0.524. The molecule has 1 unspecified atom stereocenters.